The van der Waals surface area contributed by atoms with Crippen LogP contribution in [0.3, 0.4) is 0 Å². The minimum absolute atomic E-state index is 0.996. The minimum atomic E-state index is 0.996. The van der Waals surface area contributed by atoms with Gasteiger partial charge < -0.3 is 4.57 Å². The summed E-state index contributed by atoms with van der Waals surface area (Å²) in [7, 11) is 0. The summed E-state index contributed by atoms with van der Waals surface area (Å²) in [5.41, 5.74) is 2.02. The molecule has 0 aliphatic carbocycles. The smallest absolute Gasteiger partial charge is 0.0992 e. The van der Waals surface area contributed by atoms with Crippen LogP contribution in [0, 0.1) is 6.92 Å². The predicted molar refractivity (Wildman–Crippen MR) is 38.0 cm³/mol. The number of rotatable bonds is 1. The maximum Gasteiger partial charge on any atom is 0.0992 e. The zero-order chi connectivity index (χ0) is 6.85. The molecular weight excluding hydrogens is 112 g/mol. The van der Waals surface area contributed by atoms with Gasteiger partial charge in [0.2, 0.25) is 0 Å². The quantitative estimate of drug-likeness (QED) is 0.554. The van der Waals surface area contributed by atoms with Gasteiger partial charge in [-0.15, -0.1) is 0 Å². The van der Waals surface area contributed by atoms with E-state index in [9.17, 15) is 0 Å². The molecule has 0 atom stereocenters. The van der Waals surface area contributed by atoms with E-state index >= 15 is 0 Å². The van der Waals surface area contributed by atoms with Crippen molar-refractivity contribution in [1.82, 2.24) is 9.55 Å². The van der Waals surface area contributed by atoms with Gasteiger partial charge in [0.25, 0.3) is 0 Å². The number of hydrogen-bond acceptors (Lipinski definition) is 1. The molecule has 1 aromatic rings. The first-order valence-corrected chi connectivity index (χ1v) is 2.86. The second-order valence-corrected chi connectivity index (χ2v) is 2.16. The first kappa shape index (κ1) is 6.08. The third kappa shape index (κ3) is 1.19. The van der Waals surface area contributed by atoms with Crippen molar-refractivity contribution in [1.29, 1.82) is 0 Å². The van der Waals surface area contributed by atoms with Gasteiger partial charge >= 0.3 is 0 Å². The Morgan fingerprint density at radius 3 is 2.67 bits per heavy atom. The van der Waals surface area contributed by atoms with Crippen LogP contribution in [-0.2, 0) is 0 Å². The lowest BCUT2D eigenvalue weighted by Gasteiger charge is -1.94. The minimum Gasteiger partial charge on any atom is -0.311 e. The van der Waals surface area contributed by atoms with E-state index in [0.29, 0.717) is 0 Å². The molecule has 0 saturated heterocycles. The first-order chi connectivity index (χ1) is 4.20. The number of imidazole rings is 1. The van der Waals surface area contributed by atoms with Crippen molar-refractivity contribution in [3.63, 3.8) is 0 Å². The average Bonchev–Trinajstić information content (AvgIpc) is 2.14. The Morgan fingerprint density at radius 1 is 1.78 bits per heavy atom. The molecule has 2 heteroatoms. The molecule has 0 bridgehead atoms. The van der Waals surface area contributed by atoms with Crippen LogP contribution in [0.25, 0.3) is 5.70 Å². The molecule has 0 spiro atoms. The predicted octanol–water partition coefficient (Wildman–Crippen LogP) is 1.68. The van der Waals surface area contributed by atoms with E-state index in [-0.39, 0.29) is 0 Å². The second-order valence-electron chi connectivity index (χ2n) is 2.16. The SMILES string of the molecule is C=C(C)n1cnc(C)c1. The molecule has 0 aliphatic rings. The number of aromatic nitrogens is 2. The van der Waals surface area contributed by atoms with E-state index in [1.807, 2.05) is 24.6 Å². The van der Waals surface area contributed by atoms with Gasteiger partial charge in [-0.25, -0.2) is 4.98 Å². The molecule has 1 rings (SSSR count). The Balaban J connectivity index is 2.98. The monoisotopic (exact) mass is 122 g/mol. The summed E-state index contributed by atoms with van der Waals surface area (Å²) in [6, 6.07) is 0. The third-order valence-electron chi connectivity index (χ3n) is 1.15. The summed E-state index contributed by atoms with van der Waals surface area (Å²) in [4.78, 5) is 4.04. The van der Waals surface area contributed by atoms with Crippen molar-refractivity contribution >= 4 is 5.70 Å². The lowest BCUT2D eigenvalue weighted by Crippen LogP contribution is -1.84. The third-order valence-corrected chi connectivity index (χ3v) is 1.15. The van der Waals surface area contributed by atoms with Gasteiger partial charge in [0, 0.05) is 11.9 Å². The van der Waals surface area contributed by atoms with Gasteiger partial charge in [-0.05, 0) is 13.8 Å². The largest absolute Gasteiger partial charge is 0.311 e. The molecule has 2 nitrogen and oxygen atoms in total. The molecule has 48 valence electrons. The van der Waals surface area contributed by atoms with Crippen LogP contribution in [0.4, 0.5) is 0 Å². The van der Waals surface area contributed by atoms with Crippen molar-refractivity contribution in [3.05, 3.63) is 24.8 Å². The van der Waals surface area contributed by atoms with Crippen molar-refractivity contribution in [2.45, 2.75) is 13.8 Å². The van der Waals surface area contributed by atoms with E-state index in [1.165, 1.54) is 0 Å². The molecule has 0 fully saturated rings. The molecule has 0 radical (unpaired) electrons. The average molecular weight is 122 g/mol. The highest BCUT2D eigenvalue weighted by Gasteiger charge is 1.90. The van der Waals surface area contributed by atoms with E-state index < -0.39 is 0 Å². The van der Waals surface area contributed by atoms with Crippen molar-refractivity contribution in [2.24, 2.45) is 0 Å². The van der Waals surface area contributed by atoms with Crippen LogP contribution in [0.5, 0.6) is 0 Å². The highest BCUT2D eigenvalue weighted by Crippen LogP contribution is 2.00. The molecule has 0 aliphatic heterocycles. The van der Waals surface area contributed by atoms with Crippen molar-refractivity contribution < 1.29 is 0 Å². The van der Waals surface area contributed by atoms with Gasteiger partial charge in [0.15, 0.2) is 0 Å². The topological polar surface area (TPSA) is 17.8 Å². The number of hydrogen-bond donors (Lipinski definition) is 0. The molecule has 0 unspecified atom stereocenters. The lowest BCUT2D eigenvalue weighted by molar-refractivity contribution is 1.08. The van der Waals surface area contributed by atoms with Crippen LogP contribution < -0.4 is 0 Å². The van der Waals surface area contributed by atoms with Gasteiger partial charge in [-0.1, -0.05) is 6.58 Å². The van der Waals surface area contributed by atoms with E-state index in [2.05, 4.69) is 11.6 Å². The summed E-state index contributed by atoms with van der Waals surface area (Å²) in [5.74, 6) is 0. The molecule has 0 saturated carbocycles. The Labute approximate surface area is 54.8 Å². The zero-order valence-electron chi connectivity index (χ0n) is 5.76. The molecule has 1 aromatic heterocycles. The Hall–Kier alpha value is -1.05. The fourth-order valence-corrected chi connectivity index (χ4v) is 0.630. The van der Waals surface area contributed by atoms with E-state index in [0.717, 1.165) is 11.4 Å². The van der Waals surface area contributed by atoms with Gasteiger partial charge in [0.05, 0.1) is 12.0 Å². The Bertz CT molecular complexity index is 223. The number of aryl methyl sites for hydroxylation is 1. The van der Waals surface area contributed by atoms with Crippen LogP contribution >= 0.6 is 0 Å². The van der Waals surface area contributed by atoms with Crippen LogP contribution in [-0.4, -0.2) is 9.55 Å². The summed E-state index contributed by atoms with van der Waals surface area (Å²) >= 11 is 0. The van der Waals surface area contributed by atoms with E-state index in [1.54, 1.807) is 6.33 Å². The molecular formula is C7H10N2. The highest BCUT2D eigenvalue weighted by atomic mass is 15.0. The summed E-state index contributed by atoms with van der Waals surface area (Å²) in [6.07, 6.45) is 3.71. The summed E-state index contributed by atoms with van der Waals surface area (Å²) < 4.78 is 1.90. The second kappa shape index (κ2) is 2.05. The van der Waals surface area contributed by atoms with E-state index in [4.69, 9.17) is 0 Å². The molecule has 0 aromatic carbocycles. The Morgan fingerprint density at radius 2 is 2.44 bits per heavy atom. The molecule has 0 amide bonds. The maximum atomic E-state index is 4.04. The van der Waals surface area contributed by atoms with Gasteiger partial charge in [-0.2, -0.15) is 0 Å². The Kier molecular flexibility index (Phi) is 1.39. The van der Waals surface area contributed by atoms with Crippen LogP contribution in [0.1, 0.15) is 12.6 Å². The zero-order valence-corrected chi connectivity index (χ0v) is 5.76. The van der Waals surface area contributed by atoms with Gasteiger partial charge in [0.1, 0.15) is 0 Å². The molecule has 1 heterocycles. The van der Waals surface area contributed by atoms with Gasteiger partial charge in [-0.3, -0.25) is 0 Å². The molecule has 9 heavy (non-hydrogen) atoms. The normalized spacial score (nSPS) is 9.56. The number of nitrogens with zero attached hydrogens (tertiary/aromatic N) is 2. The summed E-state index contributed by atoms with van der Waals surface area (Å²) in [6.45, 7) is 7.67. The van der Waals surface area contributed by atoms with Crippen molar-refractivity contribution in [2.75, 3.05) is 0 Å². The van der Waals surface area contributed by atoms with Crippen molar-refractivity contribution in [3.8, 4) is 0 Å². The molecule has 0 N–H and O–H groups in total. The fraction of sp³-hybridized carbons (Fsp3) is 0.286. The number of allylic oxidation sites excluding steroid dienone is 1. The fourth-order valence-electron chi connectivity index (χ4n) is 0.630. The highest BCUT2D eigenvalue weighted by molar-refractivity contribution is 5.37. The van der Waals surface area contributed by atoms with Crippen LogP contribution in [0.2, 0.25) is 0 Å². The maximum absolute atomic E-state index is 4.04. The summed E-state index contributed by atoms with van der Waals surface area (Å²) in [5, 5.41) is 0. The lowest BCUT2D eigenvalue weighted by atomic mass is 10.5. The van der Waals surface area contributed by atoms with Crippen LogP contribution in [0.15, 0.2) is 19.1 Å². The standard InChI is InChI=1S/C7H10N2/c1-6(2)9-4-7(3)8-5-9/h4-5H,1H2,2-3H3. The first-order valence-electron chi connectivity index (χ1n) is 2.86.